The van der Waals surface area contributed by atoms with Crippen molar-refractivity contribution in [1.82, 2.24) is 0 Å². The number of rotatable bonds is 7. The zero-order valence-corrected chi connectivity index (χ0v) is 9.32. The number of hydrogen-bond donors (Lipinski definition) is 0. The SMILES string of the molecule is O=[N+]([O-])CCC(CCc1ccccc1)[N+](=O)[O-]. The van der Waals surface area contributed by atoms with Crippen LogP contribution in [-0.2, 0) is 6.42 Å². The summed E-state index contributed by atoms with van der Waals surface area (Å²) in [5, 5.41) is 20.9. The molecule has 0 heterocycles. The molecule has 0 saturated heterocycles. The molecule has 1 atom stereocenters. The number of benzene rings is 1. The van der Waals surface area contributed by atoms with Crippen LogP contribution in [-0.4, -0.2) is 22.4 Å². The van der Waals surface area contributed by atoms with Gasteiger partial charge >= 0.3 is 0 Å². The maximum Gasteiger partial charge on any atom is 0.219 e. The van der Waals surface area contributed by atoms with Crippen molar-refractivity contribution < 1.29 is 9.85 Å². The van der Waals surface area contributed by atoms with Gasteiger partial charge in [-0.1, -0.05) is 30.3 Å². The summed E-state index contributed by atoms with van der Waals surface area (Å²) in [4.78, 5) is 20.0. The van der Waals surface area contributed by atoms with E-state index in [1.54, 1.807) is 0 Å². The largest absolute Gasteiger partial charge is 0.265 e. The molecular formula is C11H14N2O4. The molecule has 6 heteroatoms. The van der Waals surface area contributed by atoms with Gasteiger partial charge in [0.2, 0.25) is 12.6 Å². The molecule has 92 valence electrons. The molecule has 0 aliphatic carbocycles. The van der Waals surface area contributed by atoms with Crippen LogP contribution in [0.5, 0.6) is 0 Å². The van der Waals surface area contributed by atoms with E-state index in [0.29, 0.717) is 12.8 Å². The summed E-state index contributed by atoms with van der Waals surface area (Å²) < 4.78 is 0. The van der Waals surface area contributed by atoms with Crippen LogP contribution < -0.4 is 0 Å². The minimum Gasteiger partial charge on any atom is -0.265 e. The molecule has 1 unspecified atom stereocenters. The monoisotopic (exact) mass is 238 g/mol. The number of aryl methyl sites for hydroxylation is 1. The molecule has 0 bridgehead atoms. The lowest BCUT2D eigenvalue weighted by Crippen LogP contribution is -2.23. The lowest BCUT2D eigenvalue weighted by molar-refractivity contribution is -0.542. The van der Waals surface area contributed by atoms with E-state index in [0.717, 1.165) is 5.56 Å². The third kappa shape index (κ3) is 5.05. The normalized spacial score (nSPS) is 12.0. The minimum atomic E-state index is -0.833. The van der Waals surface area contributed by atoms with Gasteiger partial charge in [-0.2, -0.15) is 0 Å². The second kappa shape index (κ2) is 6.57. The van der Waals surface area contributed by atoms with Gasteiger partial charge in [-0.3, -0.25) is 20.2 Å². The van der Waals surface area contributed by atoms with Gasteiger partial charge in [0.15, 0.2) is 0 Å². The van der Waals surface area contributed by atoms with E-state index in [4.69, 9.17) is 0 Å². The molecule has 0 radical (unpaired) electrons. The van der Waals surface area contributed by atoms with Gasteiger partial charge in [-0.05, 0) is 12.0 Å². The molecular weight excluding hydrogens is 224 g/mol. The highest BCUT2D eigenvalue weighted by Crippen LogP contribution is 2.09. The van der Waals surface area contributed by atoms with Gasteiger partial charge in [0.1, 0.15) is 0 Å². The number of hydrogen-bond acceptors (Lipinski definition) is 4. The van der Waals surface area contributed by atoms with E-state index in [2.05, 4.69) is 0 Å². The van der Waals surface area contributed by atoms with Crippen molar-refractivity contribution >= 4 is 0 Å². The Morgan fingerprint density at radius 3 is 2.24 bits per heavy atom. The third-order valence-electron chi connectivity index (χ3n) is 2.55. The molecule has 0 amide bonds. The van der Waals surface area contributed by atoms with Gasteiger partial charge < -0.3 is 0 Å². The van der Waals surface area contributed by atoms with Crippen LogP contribution in [0.1, 0.15) is 18.4 Å². The van der Waals surface area contributed by atoms with E-state index in [1.165, 1.54) is 0 Å². The highest BCUT2D eigenvalue weighted by atomic mass is 16.6. The molecule has 1 rings (SSSR count). The first-order chi connectivity index (χ1) is 8.09. The van der Waals surface area contributed by atoms with Crippen LogP contribution in [0.3, 0.4) is 0 Å². The fraction of sp³-hybridized carbons (Fsp3) is 0.455. The summed E-state index contributed by atoms with van der Waals surface area (Å²) in [6.45, 7) is -0.347. The van der Waals surface area contributed by atoms with Gasteiger partial charge in [0.05, 0.1) is 6.42 Å². The number of nitro groups is 2. The lowest BCUT2D eigenvalue weighted by atomic mass is 10.0. The summed E-state index contributed by atoms with van der Waals surface area (Å²) in [6, 6.07) is 8.57. The van der Waals surface area contributed by atoms with E-state index in [1.807, 2.05) is 30.3 Å². The quantitative estimate of drug-likeness (QED) is 0.536. The Hall–Kier alpha value is -1.98. The van der Waals surface area contributed by atoms with Gasteiger partial charge in [-0.25, -0.2) is 0 Å². The third-order valence-corrected chi connectivity index (χ3v) is 2.55. The molecule has 1 aromatic rings. The van der Waals surface area contributed by atoms with Gasteiger partial charge in [0.25, 0.3) is 0 Å². The second-order valence-corrected chi connectivity index (χ2v) is 3.81. The van der Waals surface area contributed by atoms with Crippen molar-refractivity contribution in [2.45, 2.75) is 25.3 Å². The Balaban J connectivity index is 2.45. The Morgan fingerprint density at radius 1 is 1.06 bits per heavy atom. The first-order valence-electron chi connectivity index (χ1n) is 5.39. The van der Waals surface area contributed by atoms with Crippen LogP contribution in [0.25, 0.3) is 0 Å². The summed E-state index contributed by atoms with van der Waals surface area (Å²) in [6.07, 6.45) is 0.905. The second-order valence-electron chi connectivity index (χ2n) is 3.81. The van der Waals surface area contributed by atoms with Crippen LogP contribution in [0, 0.1) is 20.2 Å². The summed E-state index contributed by atoms with van der Waals surface area (Å²) in [7, 11) is 0. The summed E-state index contributed by atoms with van der Waals surface area (Å²) in [5.74, 6) is 0. The maximum absolute atomic E-state index is 10.7. The molecule has 0 fully saturated rings. The first-order valence-corrected chi connectivity index (χ1v) is 5.39. The van der Waals surface area contributed by atoms with Crippen molar-refractivity contribution in [3.63, 3.8) is 0 Å². The van der Waals surface area contributed by atoms with Crippen LogP contribution in [0.2, 0.25) is 0 Å². The molecule has 0 spiro atoms. The average Bonchev–Trinajstić information content (AvgIpc) is 2.29. The van der Waals surface area contributed by atoms with Crippen molar-refractivity contribution in [3.8, 4) is 0 Å². The Kier molecular flexibility index (Phi) is 5.06. The highest BCUT2D eigenvalue weighted by molar-refractivity contribution is 5.14. The fourth-order valence-corrected chi connectivity index (χ4v) is 1.59. The summed E-state index contributed by atoms with van der Waals surface area (Å²) in [5.41, 5.74) is 1.01. The Morgan fingerprint density at radius 2 is 1.71 bits per heavy atom. The lowest BCUT2D eigenvalue weighted by Gasteiger charge is -2.07. The van der Waals surface area contributed by atoms with Gasteiger partial charge in [-0.15, -0.1) is 0 Å². The van der Waals surface area contributed by atoms with E-state index in [-0.39, 0.29) is 13.0 Å². The zero-order valence-electron chi connectivity index (χ0n) is 9.32. The van der Waals surface area contributed by atoms with Crippen LogP contribution in [0.4, 0.5) is 0 Å². The summed E-state index contributed by atoms with van der Waals surface area (Å²) >= 11 is 0. The standard InChI is InChI=1S/C11H14N2O4/c14-12(15)9-8-11(13(16)17)7-6-10-4-2-1-3-5-10/h1-5,11H,6-9H2. The van der Waals surface area contributed by atoms with Crippen molar-refractivity contribution in [2.75, 3.05) is 6.54 Å². The van der Waals surface area contributed by atoms with Gasteiger partial charge in [0, 0.05) is 16.3 Å². The molecule has 17 heavy (non-hydrogen) atoms. The molecule has 0 aliphatic heterocycles. The van der Waals surface area contributed by atoms with Crippen molar-refractivity contribution in [2.24, 2.45) is 0 Å². The molecule has 0 saturated carbocycles. The molecule has 0 N–H and O–H groups in total. The first kappa shape index (κ1) is 13.1. The average molecular weight is 238 g/mol. The Bertz CT molecular complexity index is 380. The van der Waals surface area contributed by atoms with E-state index >= 15 is 0 Å². The maximum atomic E-state index is 10.7. The topological polar surface area (TPSA) is 86.3 Å². The van der Waals surface area contributed by atoms with Crippen molar-refractivity contribution in [1.29, 1.82) is 0 Å². The van der Waals surface area contributed by atoms with E-state index < -0.39 is 15.9 Å². The predicted molar refractivity (Wildman–Crippen MR) is 62.0 cm³/mol. The number of nitrogens with zero attached hydrogens (tertiary/aromatic N) is 2. The predicted octanol–water partition coefficient (Wildman–Crippen LogP) is 1.93. The van der Waals surface area contributed by atoms with Crippen LogP contribution >= 0.6 is 0 Å². The Labute approximate surface area is 98.6 Å². The fourth-order valence-electron chi connectivity index (χ4n) is 1.59. The van der Waals surface area contributed by atoms with Crippen LogP contribution in [0.15, 0.2) is 30.3 Å². The zero-order chi connectivity index (χ0) is 12.7. The molecule has 0 aliphatic rings. The molecule has 6 nitrogen and oxygen atoms in total. The van der Waals surface area contributed by atoms with Crippen molar-refractivity contribution in [3.05, 3.63) is 56.1 Å². The van der Waals surface area contributed by atoms with E-state index in [9.17, 15) is 20.2 Å². The highest BCUT2D eigenvalue weighted by Gasteiger charge is 2.22. The minimum absolute atomic E-state index is 0.00711. The smallest absolute Gasteiger partial charge is 0.219 e. The molecule has 0 aromatic heterocycles. The molecule has 1 aromatic carbocycles.